The smallest absolute Gasteiger partial charge is 0.410 e. The van der Waals surface area contributed by atoms with Gasteiger partial charge in [-0.15, -0.1) is 0 Å². The van der Waals surface area contributed by atoms with Crippen molar-refractivity contribution < 1.29 is 9.53 Å². The number of rotatable bonds is 4. The molecule has 2 aliphatic heterocycles. The lowest BCUT2D eigenvalue weighted by atomic mass is 9.88. The van der Waals surface area contributed by atoms with Crippen molar-refractivity contribution in [1.82, 2.24) is 25.1 Å². The number of hydrogen-bond acceptors (Lipinski definition) is 6. The van der Waals surface area contributed by atoms with Gasteiger partial charge < -0.3 is 15.0 Å². The van der Waals surface area contributed by atoms with E-state index in [9.17, 15) is 4.79 Å². The Hall–Kier alpha value is -2.64. The van der Waals surface area contributed by atoms with Gasteiger partial charge in [0.1, 0.15) is 17.2 Å². The van der Waals surface area contributed by atoms with Crippen LogP contribution in [0.4, 0.5) is 16.4 Å². The van der Waals surface area contributed by atoms with Gasteiger partial charge in [-0.3, -0.25) is 5.10 Å². The Bertz CT molecular complexity index is 860. The summed E-state index contributed by atoms with van der Waals surface area (Å²) in [6.45, 7) is 7.72. The van der Waals surface area contributed by atoms with E-state index < -0.39 is 5.60 Å². The Morgan fingerprint density at radius 1 is 1.28 bits per heavy atom. The van der Waals surface area contributed by atoms with Crippen molar-refractivity contribution in [2.24, 2.45) is 5.92 Å². The molecule has 2 aliphatic rings. The number of aryl methyl sites for hydroxylation is 1. The predicted octanol–water partition coefficient (Wildman–Crippen LogP) is 3.97. The number of amides is 1. The van der Waals surface area contributed by atoms with Crippen molar-refractivity contribution in [3.63, 3.8) is 0 Å². The van der Waals surface area contributed by atoms with E-state index in [1.54, 1.807) is 6.20 Å². The zero-order chi connectivity index (χ0) is 20.6. The van der Waals surface area contributed by atoms with Gasteiger partial charge in [-0.2, -0.15) is 5.10 Å². The quantitative estimate of drug-likeness (QED) is 0.809. The fourth-order valence-corrected chi connectivity index (χ4v) is 4.51. The molecule has 4 rings (SSSR count). The highest BCUT2D eigenvalue weighted by Gasteiger charge is 2.44. The van der Waals surface area contributed by atoms with Gasteiger partial charge in [-0.05, 0) is 65.4 Å². The van der Waals surface area contributed by atoms with Crippen molar-refractivity contribution in [1.29, 1.82) is 0 Å². The van der Waals surface area contributed by atoms with Gasteiger partial charge in [-0.25, -0.2) is 14.8 Å². The van der Waals surface area contributed by atoms with Crippen LogP contribution in [-0.2, 0) is 11.2 Å². The van der Waals surface area contributed by atoms with Crippen molar-refractivity contribution in [2.75, 3.05) is 5.32 Å². The van der Waals surface area contributed by atoms with Gasteiger partial charge in [0.2, 0.25) is 0 Å². The van der Waals surface area contributed by atoms with E-state index in [2.05, 4.69) is 25.5 Å². The standard InChI is InChI=1S/C21H30N6O2/c1-13-9-19(26-25-13)24-17-7-8-22-18(23-17)12-14-10-15-5-6-16(11-14)27(15)20(28)29-21(2,3)4/h7-9,14-16H,5-6,10-12H2,1-4H3,(H2,22,23,24,25,26)/t14?,15-,16+. The molecule has 2 aromatic heterocycles. The lowest BCUT2D eigenvalue weighted by molar-refractivity contribution is 0.00207. The predicted molar refractivity (Wildman–Crippen MR) is 110 cm³/mol. The normalized spacial score (nSPS) is 23.9. The second-order valence-electron chi connectivity index (χ2n) is 9.23. The van der Waals surface area contributed by atoms with Gasteiger partial charge in [0.15, 0.2) is 5.82 Å². The summed E-state index contributed by atoms with van der Waals surface area (Å²) in [6.07, 6.45) is 6.52. The minimum Gasteiger partial charge on any atom is -0.444 e. The summed E-state index contributed by atoms with van der Waals surface area (Å²) >= 11 is 0. The fraction of sp³-hybridized carbons (Fsp3) is 0.619. The summed E-state index contributed by atoms with van der Waals surface area (Å²) in [5.74, 6) is 2.80. The van der Waals surface area contributed by atoms with Crippen LogP contribution >= 0.6 is 0 Å². The van der Waals surface area contributed by atoms with E-state index >= 15 is 0 Å². The number of piperidine rings is 1. The van der Waals surface area contributed by atoms with Crippen molar-refractivity contribution in [2.45, 2.75) is 77.5 Å². The highest BCUT2D eigenvalue weighted by atomic mass is 16.6. The largest absolute Gasteiger partial charge is 0.444 e. The monoisotopic (exact) mass is 398 g/mol. The van der Waals surface area contributed by atoms with Crippen LogP contribution in [0.5, 0.6) is 0 Å². The SMILES string of the molecule is Cc1cc(Nc2ccnc(CC3C[C@H]4CC[C@@H](C3)N4C(=O)OC(C)(C)C)n2)n[nH]1. The number of anilines is 2. The highest BCUT2D eigenvalue weighted by molar-refractivity contribution is 5.69. The molecule has 0 aliphatic carbocycles. The van der Waals surface area contributed by atoms with Gasteiger partial charge in [0.25, 0.3) is 0 Å². The molecule has 2 saturated heterocycles. The topological polar surface area (TPSA) is 96.0 Å². The third kappa shape index (κ3) is 4.68. The molecular formula is C21H30N6O2. The average Bonchev–Trinajstić information content (AvgIpc) is 3.14. The molecule has 4 heterocycles. The van der Waals surface area contributed by atoms with Crippen molar-refractivity contribution >= 4 is 17.7 Å². The van der Waals surface area contributed by atoms with Crippen LogP contribution in [0, 0.1) is 12.8 Å². The molecule has 2 aromatic rings. The van der Waals surface area contributed by atoms with Crippen LogP contribution in [0.1, 0.15) is 58.0 Å². The van der Waals surface area contributed by atoms with Crippen LogP contribution < -0.4 is 5.32 Å². The van der Waals surface area contributed by atoms with Crippen LogP contribution in [0.15, 0.2) is 18.3 Å². The maximum atomic E-state index is 12.6. The summed E-state index contributed by atoms with van der Waals surface area (Å²) in [7, 11) is 0. The number of fused-ring (bicyclic) bond motifs is 2. The number of nitrogens with zero attached hydrogens (tertiary/aromatic N) is 4. The lowest BCUT2D eigenvalue weighted by Gasteiger charge is -2.39. The molecule has 29 heavy (non-hydrogen) atoms. The molecule has 156 valence electrons. The first-order valence-electron chi connectivity index (χ1n) is 10.4. The molecule has 2 fully saturated rings. The number of ether oxygens (including phenoxy) is 1. The minimum atomic E-state index is -0.457. The van der Waals surface area contributed by atoms with E-state index in [1.807, 2.05) is 44.7 Å². The van der Waals surface area contributed by atoms with E-state index in [4.69, 9.17) is 4.74 Å². The first kappa shape index (κ1) is 19.7. The van der Waals surface area contributed by atoms with Crippen molar-refractivity contribution in [3.05, 3.63) is 29.8 Å². The second kappa shape index (κ2) is 7.65. The number of carbonyl (C=O) groups is 1. The number of nitrogens with one attached hydrogen (secondary N) is 2. The van der Waals surface area contributed by atoms with Crippen LogP contribution in [0.25, 0.3) is 0 Å². The highest BCUT2D eigenvalue weighted by Crippen LogP contribution is 2.40. The van der Waals surface area contributed by atoms with E-state index in [0.29, 0.717) is 5.92 Å². The Morgan fingerprint density at radius 3 is 2.62 bits per heavy atom. The third-order valence-corrected chi connectivity index (χ3v) is 5.57. The Kier molecular flexibility index (Phi) is 5.19. The number of H-pyrrole nitrogens is 1. The van der Waals surface area contributed by atoms with E-state index in [1.165, 1.54) is 0 Å². The van der Waals surface area contributed by atoms with Crippen LogP contribution in [-0.4, -0.2) is 48.8 Å². The van der Waals surface area contributed by atoms with Crippen LogP contribution in [0.3, 0.4) is 0 Å². The summed E-state index contributed by atoms with van der Waals surface area (Å²) in [4.78, 5) is 23.7. The zero-order valence-corrected chi connectivity index (χ0v) is 17.6. The number of aromatic nitrogens is 4. The molecule has 0 aromatic carbocycles. The molecule has 2 bridgehead atoms. The Labute approximate surface area is 171 Å². The number of hydrogen-bond donors (Lipinski definition) is 2. The summed E-state index contributed by atoms with van der Waals surface area (Å²) < 4.78 is 5.63. The summed E-state index contributed by atoms with van der Waals surface area (Å²) in [5.41, 5.74) is 0.538. The van der Waals surface area contributed by atoms with Crippen LogP contribution in [0.2, 0.25) is 0 Å². The molecule has 0 saturated carbocycles. The zero-order valence-electron chi connectivity index (χ0n) is 17.6. The molecule has 3 atom stereocenters. The van der Waals surface area contributed by atoms with Gasteiger partial charge >= 0.3 is 6.09 Å². The Balaban J connectivity index is 1.38. The molecular weight excluding hydrogens is 368 g/mol. The number of carbonyl (C=O) groups excluding carboxylic acids is 1. The van der Waals surface area contributed by atoms with Gasteiger partial charge in [0.05, 0.1) is 0 Å². The lowest BCUT2D eigenvalue weighted by Crippen LogP contribution is -2.48. The van der Waals surface area contributed by atoms with E-state index in [-0.39, 0.29) is 18.2 Å². The second-order valence-corrected chi connectivity index (χ2v) is 9.23. The van der Waals surface area contributed by atoms with Gasteiger partial charge in [0, 0.05) is 36.5 Å². The molecule has 8 heteroatoms. The third-order valence-electron chi connectivity index (χ3n) is 5.57. The molecule has 8 nitrogen and oxygen atoms in total. The maximum Gasteiger partial charge on any atom is 0.410 e. The maximum absolute atomic E-state index is 12.6. The molecule has 0 radical (unpaired) electrons. The Morgan fingerprint density at radius 2 is 2.00 bits per heavy atom. The first-order valence-corrected chi connectivity index (χ1v) is 10.4. The fourth-order valence-electron chi connectivity index (χ4n) is 4.51. The molecule has 0 spiro atoms. The molecule has 1 unspecified atom stereocenters. The molecule has 2 N–H and O–H groups in total. The minimum absolute atomic E-state index is 0.166. The summed E-state index contributed by atoms with van der Waals surface area (Å²) in [5, 5.41) is 10.3. The number of aromatic amines is 1. The first-order chi connectivity index (χ1) is 13.8. The summed E-state index contributed by atoms with van der Waals surface area (Å²) in [6, 6.07) is 4.32. The van der Waals surface area contributed by atoms with Gasteiger partial charge in [-0.1, -0.05) is 0 Å². The van der Waals surface area contributed by atoms with Crippen molar-refractivity contribution in [3.8, 4) is 0 Å². The average molecular weight is 399 g/mol. The van der Waals surface area contributed by atoms with E-state index in [0.717, 1.165) is 55.3 Å². The molecule has 1 amide bonds.